The van der Waals surface area contributed by atoms with Gasteiger partial charge in [-0.2, -0.15) is 5.10 Å². The van der Waals surface area contributed by atoms with Gasteiger partial charge in [-0.25, -0.2) is 8.42 Å². The standard InChI is InChI=1S/C20H20ClN3O4S/c1-14-2-4-15(5-3-14)13-24-17-12-16(21)6-7-18(17)29(26,27)19(22-24)20(25)23-8-10-28-11-9-23/h2-7,12H,8-11,13H2,1H3. The Morgan fingerprint density at radius 2 is 1.83 bits per heavy atom. The van der Waals surface area contributed by atoms with Gasteiger partial charge in [0.05, 0.1) is 30.3 Å². The summed E-state index contributed by atoms with van der Waals surface area (Å²) in [5.74, 6) is -0.609. The average Bonchev–Trinajstić information content (AvgIpc) is 2.71. The van der Waals surface area contributed by atoms with E-state index >= 15 is 0 Å². The maximum absolute atomic E-state index is 13.2. The summed E-state index contributed by atoms with van der Waals surface area (Å²) in [4.78, 5) is 14.5. The van der Waals surface area contributed by atoms with Gasteiger partial charge in [0.2, 0.25) is 14.9 Å². The summed E-state index contributed by atoms with van der Waals surface area (Å²) in [6.45, 7) is 3.71. The average molecular weight is 434 g/mol. The Bertz CT molecular complexity index is 1080. The van der Waals surface area contributed by atoms with E-state index in [2.05, 4.69) is 5.10 Å². The number of halogens is 1. The predicted molar refractivity (Wildman–Crippen MR) is 111 cm³/mol. The lowest BCUT2D eigenvalue weighted by molar-refractivity contribution is -0.127. The van der Waals surface area contributed by atoms with Crippen molar-refractivity contribution in [3.8, 4) is 0 Å². The number of amides is 1. The Balaban J connectivity index is 1.77. The molecule has 0 atom stereocenters. The molecule has 2 aliphatic heterocycles. The Kier molecular flexibility index (Phi) is 5.33. The Morgan fingerprint density at radius 3 is 2.52 bits per heavy atom. The third-order valence-electron chi connectivity index (χ3n) is 4.89. The van der Waals surface area contributed by atoms with E-state index in [1.54, 1.807) is 6.07 Å². The van der Waals surface area contributed by atoms with Crippen molar-refractivity contribution in [1.82, 2.24) is 4.90 Å². The first-order valence-electron chi connectivity index (χ1n) is 9.19. The number of morpholine rings is 1. The SMILES string of the molecule is Cc1ccc(CN2N=C(C(=O)N3CCOCC3)S(=O)(=O)c3ccc(Cl)cc32)cc1. The quantitative estimate of drug-likeness (QED) is 0.743. The monoisotopic (exact) mass is 433 g/mol. The van der Waals surface area contributed by atoms with E-state index in [9.17, 15) is 13.2 Å². The van der Waals surface area contributed by atoms with Crippen LogP contribution in [-0.4, -0.2) is 50.6 Å². The number of benzene rings is 2. The first-order chi connectivity index (χ1) is 13.9. The summed E-state index contributed by atoms with van der Waals surface area (Å²) in [7, 11) is -4.06. The number of carbonyl (C=O) groups is 1. The van der Waals surface area contributed by atoms with Crippen LogP contribution in [0.4, 0.5) is 5.69 Å². The third kappa shape index (κ3) is 3.88. The number of carbonyl (C=O) groups excluding carboxylic acids is 1. The van der Waals surface area contributed by atoms with E-state index in [4.69, 9.17) is 16.3 Å². The van der Waals surface area contributed by atoms with Crippen molar-refractivity contribution in [3.05, 3.63) is 58.6 Å². The molecule has 2 heterocycles. The van der Waals surface area contributed by atoms with Gasteiger partial charge in [-0.15, -0.1) is 0 Å². The molecular weight excluding hydrogens is 414 g/mol. The van der Waals surface area contributed by atoms with Crippen molar-refractivity contribution in [2.45, 2.75) is 18.4 Å². The molecule has 1 saturated heterocycles. The first kappa shape index (κ1) is 19.9. The van der Waals surface area contributed by atoms with Crippen molar-refractivity contribution in [3.63, 3.8) is 0 Å². The fraction of sp³-hybridized carbons (Fsp3) is 0.300. The fourth-order valence-corrected chi connectivity index (χ4v) is 4.91. The molecular formula is C20H20ClN3O4S. The molecule has 2 aromatic rings. The lowest BCUT2D eigenvalue weighted by Crippen LogP contribution is -2.47. The van der Waals surface area contributed by atoms with E-state index in [1.165, 1.54) is 22.0 Å². The van der Waals surface area contributed by atoms with Gasteiger partial charge < -0.3 is 9.64 Å². The number of sulfone groups is 1. The molecule has 152 valence electrons. The number of hydrogen-bond donors (Lipinski definition) is 0. The molecule has 0 radical (unpaired) electrons. The van der Waals surface area contributed by atoms with Crippen LogP contribution in [0.3, 0.4) is 0 Å². The van der Waals surface area contributed by atoms with E-state index in [0.717, 1.165) is 11.1 Å². The lowest BCUT2D eigenvalue weighted by Gasteiger charge is -2.31. The second-order valence-electron chi connectivity index (χ2n) is 6.97. The number of fused-ring (bicyclic) bond motifs is 1. The van der Waals surface area contributed by atoms with E-state index in [-0.39, 0.29) is 4.90 Å². The minimum atomic E-state index is -4.06. The number of aryl methyl sites for hydroxylation is 1. The van der Waals surface area contributed by atoms with Crippen molar-refractivity contribution in [2.24, 2.45) is 5.10 Å². The van der Waals surface area contributed by atoms with Gasteiger partial charge >= 0.3 is 0 Å². The molecule has 0 saturated carbocycles. The highest BCUT2D eigenvalue weighted by Crippen LogP contribution is 2.35. The molecule has 4 rings (SSSR count). The molecule has 7 nitrogen and oxygen atoms in total. The van der Waals surface area contributed by atoms with Crippen LogP contribution in [0, 0.1) is 6.92 Å². The Labute approximate surface area is 174 Å². The van der Waals surface area contributed by atoms with Crippen LogP contribution in [0.5, 0.6) is 0 Å². The topological polar surface area (TPSA) is 79.3 Å². The highest BCUT2D eigenvalue weighted by molar-refractivity contribution is 8.08. The van der Waals surface area contributed by atoms with Gasteiger partial charge in [0.1, 0.15) is 0 Å². The first-order valence-corrected chi connectivity index (χ1v) is 11.1. The molecule has 2 aliphatic rings. The van der Waals surface area contributed by atoms with Crippen LogP contribution in [-0.2, 0) is 25.9 Å². The maximum atomic E-state index is 13.2. The second-order valence-corrected chi connectivity index (χ2v) is 9.24. The number of anilines is 1. The number of ether oxygens (including phenoxy) is 1. The van der Waals surface area contributed by atoms with Crippen LogP contribution in [0.1, 0.15) is 11.1 Å². The van der Waals surface area contributed by atoms with Gasteiger partial charge in [-0.05, 0) is 30.7 Å². The molecule has 9 heteroatoms. The fourth-order valence-electron chi connectivity index (χ4n) is 3.29. The molecule has 0 unspecified atom stereocenters. The Morgan fingerprint density at radius 1 is 1.14 bits per heavy atom. The molecule has 1 amide bonds. The van der Waals surface area contributed by atoms with Crippen LogP contribution in [0.2, 0.25) is 5.02 Å². The number of hydrogen-bond acceptors (Lipinski definition) is 6. The van der Waals surface area contributed by atoms with Gasteiger partial charge in [0.15, 0.2) is 0 Å². The van der Waals surface area contributed by atoms with Crippen molar-refractivity contribution in [1.29, 1.82) is 0 Å². The van der Waals surface area contributed by atoms with Gasteiger partial charge in [0, 0.05) is 18.1 Å². The van der Waals surface area contributed by atoms with Gasteiger partial charge in [-0.1, -0.05) is 41.4 Å². The van der Waals surface area contributed by atoms with E-state index < -0.39 is 20.8 Å². The molecule has 29 heavy (non-hydrogen) atoms. The summed E-state index contributed by atoms with van der Waals surface area (Å²) < 4.78 is 31.6. The van der Waals surface area contributed by atoms with Gasteiger partial charge in [-0.3, -0.25) is 9.80 Å². The summed E-state index contributed by atoms with van der Waals surface area (Å²) in [5, 5.41) is 5.73. The van der Waals surface area contributed by atoms with E-state index in [1.807, 2.05) is 31.2 Å². The summed E-state index contributed by atoms with van der Waals surface area (Å²) in [6, 6.07) is 12.3. The number of nitrogens with zero attached hydrogens (tertiary/aromatic N) is 3. The van der Waals surface area contributed by atoms with Crippen LogP contribution < -0.4 is 5.01 Å². The molecule has 1 fully saturated rings. The molecule has 2 aromatic carbocycles. The molecule has 0 N–H and O–H groups in total. The van der Waals surface area contributed by atoms with E-state index in [0.29, 0.717) is 43.6 Å². The molecule has 0 aromatic heterocycles. The maximum Gasteiger partial charge on any atom is 0.286 e. The Hall–Kier alpha value is -2.42. The second kappa shape index (κ2) is 7.78. The summed E-state index contributed by atoms with van der Waals surface area (Å²) in [5.41, 5.74) is 2.41. The minimum Gasteiger partial charge on any atom is -0.378 e. The van der Waals surface area contributed by atoms with Crippen LogP contribution >= 0.6 is 11.6 Å². The zero-order chi connectivity index (χ0) is 20.6. The zero-order valence-corrected chi connectivity index (χ0v) is 17.4. The smallest absolute Gasteiger partial charge is 0.286 e. The largest absolute Gasteiger partial charge is 0.378 e. The summed E-state index contributed by atoms with van der Waals surface area (Å²) in [6.07, 6.45) is 0. The van der Waals surface area contributed by atoms with Crippen molar-refractivity contribution >= 4 is 38.1 Å². The normalized spacial score (nSPS) is 18.2. The minimum absolute atomic E-state index is 0.0284. The summed E-state index contributed by atoms with van der Waals surface area (Å²) >= 11 is 6.12. The lowest BCUT2D eigenvalue weighted by atomic mass is 10.1. The van der Waals surface area contributed by atoms with Crippen molar-refractivity contribution < 1.29 is 17.9 Å². The van der Waals surface area contributed by atoms with Gasteiger partial charge in [0.25, 0.3) is 5.91 Å². The highest BCUT2D eigenvalue weighted by Gasteiger charge is 2.39. The third-order valence-corrected chi connectivity index (χ3v) is 6.81. The highest BCUT2D eigenvalue weighted by atomic mass is 35.5. The molecule has 0 spiro atoms. The predicted octanol–water partition coefficient (Wildman–Crippen LogP) is 2.61. The van der Waals surface area contributed by atoms with Crippen LogP contribution in [0.15, 0.2) is 52.5 Å². The zero-order valence-electron chi connectivity index (χ0n) is 15.8. The number of rotatable bonds is 3. The molecule has 0 aliphatic carbocycles. The molecule has 0 bridgehead atoms. The van der Waals surface area contributed by atoms with Crippen LogP contribution in [0.25, 0.3) is 0 Å². The van der Waals surface area contributed by atoms with Crippen molar-refractivity contribution in [2.75, 3.05) is 31.3 Å². The number of hydrazone groups is 1.